The van der Waals surface area contributed by atoms with E-state index in [1.807, 2.05) is 0 Å². The lowest BCUT2D eigenvalue weighted by Gasteiger charge is -1.99. The molecule has 18 heavy (non-hydrogen) atoms. The third-order valence-electron chi connectivity index (χ3n) is 2.83. The van der Waals surface area contributed by atoms with Gasteiger partial charge in [-0.05, 0) is 53.9 Å². The van der Waals surface area contributed by atoms with E-state index in [9.17, 15) is 0 Å². The van der Waals surface area contributed by atoms with Crippen LogP contribution in [0.3, 0.4) is 0 Å². The summed E-state index contributed by atoms with van der Waals surface area (Å²) in [5.41, 5.74) is 0. The van der Waals surface area contributed by atoms with Crippen LogP contribution in [-0.4, -0.2) is 22.8 Å². The van der Waals surface area contributed by atoms with Crippen molar-refractivity contribution >= 4 is 38.6 Å². The SMILES string of the molecule is Brc1ccc(-c2nnc(CCCNC3CC3)s2)s1. The Hall–Kier alpha value is -0.300. The number of rotatable bonds is 6. The van der Waals surface area contributed by atoms with Crippen molar-refractivity contribution in [3.05, 3.63) is 20.9 Å². The highest BCUT2D eigenvalue weighted by molar-refractivity contribution is 9.11. The molecule has 0 spiro atoms. The fourth-order valence-electron chi connectivity index (χ4n) is 1.72. The molecule has 0 unspecified atom stereocenters. The number of nitrogens with one attached hydrogen (secondary N) is 1. The molecular formula is C12H14BrN3S2. The fraction of sp³-hybridized carbons (Fsp3) is 0.500. The lowest BCUT2D eigenvalue weighted by atomic mass is 10.3. The summed E-state index contributed by atoms with van der Waals surface area (Å²) in [5.74, 6) is 0. The molecule has 1 aliphatic carbocycles. The molecule has 0 amide bonds. The van der Waals surface area contributed by atoms with Crippen molar-refractivity contribution < 1.29 is 0 Å². The minimum absolute atomic E-state index is 0.804. The van der Waals surface area contributed by atoms with Crippen molar-refractivity contribution in [3.63, 3.8) is 0 Å². The van der Waals surface area contributed by atoms with Crippen molar-refractivity contribution in [2.75, 3.05) is 6.54 Å². The highest BCUT2D eigenvalue weighted by atomic mass is 79.9. The van der Waals surface area contributed by atoms with E-state index in [0.29, 0.717) is 0 Å². The van der Waals surface area contributed by atoms with E-state index in [2.05, 4.69) is 43.6 Å². The average molecular weight is 344 g/mol. The van der Waals surface area contributed by atoms with E-state index >= 15 is 0 Å². The number of hydrogen-bond donors (Lipinski definition) is 1. The highest BCUT2D eigenvalue weighted by Gasteiger charge is 2.19. The number of hydrogen-bond acceptors (Lipinski definition) is 5. The maximum Gasteiger partial charge on any atom is 0.157 e. The Labute approximate surface area is 123 Å². The van der Waals surface area contributed by atoms with Crippen LogP contribution in [0.15, 0.2) is 15.9 Å². The number of nitrogens with zero attached hydrogens (tertiary/aromatic N) is 2. The third kappa shape index (κ3) is 3.38. The summed E-state index contributed by atoms with van der Waals surface area (Å²) < 4.78 is 1.14. The summed E-state index contributed by atoms with van der Waals surface area (Å²) in [6.45, 7) is 1.10. The van der Waals surface area contributed by atoms with E-state index in [0.717, 1.165) is 39.2 Å². The average Bonchev–Trinajstić information content (AvgIpc) is 2.88. The smallest absolute Gasteiger partial charge is 0.157 e. The molecule has 0 aromatic carbocycles. The van der Waals surface area contributed by atoms with Gasteiger partial charge in [0, 0.05) is 12.5 Å². The Bertz CT molecular complexity index is 519. The van der Waals surface area contributed by atoms with Crippen LogP contribution in [0.25, 0.3) is 9.88 Å². The van der Waals surface area contributed by atoms with Crippen LogP contribution < -0.4 is 5.32 Å². The second-order valence-electron chi connectivity index (χ2n) is 4.44. The summed E-state index contributed by atoms with van der Waals surface area (Å²) in [7, 11) is 0. The lowest BCUT2D eigenvalue weighted by molar-refractivity contribution is 0.643. The van der Waals surface area contributed by atoms with Crippen LogP contribution in [0.2, 0.25) is 0 Å². The molecule has 3 nitrogen and oxygen atoms in total. The second kappa shape index (κ2) is 5.77. The van der Waals surface area contributed by atoms with Gasteiger partial charge in [0.1, 0.15) is 5.01 Å². The van der Waals surface area contributed by atoms with E-state index in [1.165, 1.54) is 17.7 Å². The molecule has 6 heteroatoms. The van der Waals surface area contributed by atoms with Gasteiger partial charge in [-0.2, -0.15) is 0 Å². The van der Waals surface area contributed by atoms with Crippen molar-refractivity contribution in [1.82, 2.24) is 15.5 Å². The molecule has 0 saturated heterocycles. The quantitative estimate of drug-likeness (QED) is 0.812. The third-order valence-corrected chi connectivity index (χ3v) is 5.60. The fourth-order valence-corrected chi connectivity index (χ4v) is 4.03. The van der Waals surface area contributed by atoms with E-state index in [4.69, 9.17) is 0 Å². The minimum atomic E-state index is 0.804. The maximum atomic E-state index is 4.27. The van der Waals surface area contributed by atoms with Crippen molar-refractivity contribution in [2.45, 2.75) is 31.7 Å². The number of halogens is 1. The standard InChI is InChI=1S/C12H14BrN3S2/c13-10-6-5-9(17-10)12-16-15-11(18-12)2-1-7-14-8-3-4-8/h5-6,8,14H,1-4,7H2. The first-order chi connectivity index (χ1) is 8.81. The topological polar surface area (TPSA) is 37.8 Å². The summed E-state index contributed by atoms with van der Waals surface area (Å²) in [6.07, 6.45) is 4.90. The van der Waals surface area contributed by atoms with Crippen LogP contribution in [0, 0.1) is 0 Å². The van der Waals surface area contributed by atoms with Crippen molar-refractivity contribution in [2.24, 2.45) is 0 Å². The minimum Gasteiger partial charge on any atom is -0.314 e. The summed E-state index contributed by atoms with van der Waals surface area (Å²) in [6, 6.07) is 4.95. The molecule has 1 fully saturated rings. The highest BCUT2D eigenvalue weighted by Crippen LogP contribution is 2.33. The molecule has 0 atom stereocenters. The Balaban J connectivity index is 1.52. The summed E-state index contributed by atoms with van der Waals surface area (Å²) in [5, 5.41) is 14.2. The largest absolute Gasteiger partial charge is 0.314 e. The van der Waals surface area contributed by atoms with Crippen LogP contribution >= 0.6 is 38.6 Å². The van der Waals surface area contributed by atoms with E-state index in [1.54, 1.807) is 22.7 Å². The molecule has 96 valence electrons. The molecule has 1 N–H and O–H groups in total. The molecular weight excluding hydrogens is 330 g/mol. The molecule has 3 rings (SSSR count). The number of aromatic nitrogens is 2. The molecule has 2 aromatic rings. The first-order valence-corrected chi connectivity index (χ1v) is 8.55. The number of aryl methyl sites for hydroxylation is 1. The number of thiophene rings is 1. The van der Waals surface area contributed by atoms with Crippen molar-refractivity contribution in [1.29, 1.82) is 0 Å². The second-order valence-corrected chi connectivity index (χ2v) is 7.96. The van der Waals surface area contributed by atoms with E-state index in [-0.39, 0.29) is 0 Å². The molecule has 2 heterocycles. The Kier molecular flexibility index (Phi) is 4.08. The molecule has 0 bridgehead atoms. The Morgan fingerprint density at radius 1 is 1.28 bits per heavy atom. The monoisotopic (exact) mass is 343 g/mol. The van der Waals surface area contributed by atoms with Crippen LogP contribution in [-0.2, 0) is 6.42 Å². The van der Waals surface area contributed by atoms with Crippen LogP contribution in [0.5, 0.6) is 0 Å². The predicted molar refractivity (Wildman–Crippen MR) is 80.3 cm³/mol. The Morgan fingerprint density at radius 3 is 2.89 bits per heavy atom. The zero-order valence-electron chi connectivity index (χ0n) is 9.86. The van der Waals surface area contributed by atoms with Gasteiger partial charge in [-0.3, -0.25) is 0 Å². The molecule has 1 saturated carbocycles. The summed E-state index contributed by atoms with van der Waals surface area (Å²) in [4.78, 5) is 1.20. The first kappa shape index (κ1) is 12.7. The molecule has 2 aromatic heterocycles. The van der Waals surface area contributed by atoms with Crippen LogP contribution in [0.1, 0.15) is 24.3 Å². The van der Waals surface area contributed by atoms with Gasteiger partial charge in [0.05, 0.1) is 8.66 Å². The van der Waals surface area contributed by atoms with Gasteiger partial charge >= 0.3 is 0 Å². The predicted octanol–water partition coefficient (Wildman–Crippen LogP) is 3.71. The summed E-state index contributed by atoms with van der Waals surface area (Å²) >= 11 is 6.89. The Morgan fingerprint density at radius 2 is 2.17 bits per heavy atom. The van der Waals surface area contributed by atoms with Crippen LogP contribution in [0.4, 0.5) is 0 Å². The molecule has 0 radical (unpaired) electrons. The van der Waals surface area contributed by atoms with Gasteiger partial charge in [-0.15, -0.1) is 21.5 Å². The van der Waals surface area contributed by atoms with Crippen molar-refractivity contribution in [3.8, 4) is 9.88 Å². The van der Waals surface area contributed by atoms with E-state index < -0.39 is 0 Å². The maximum absolute atomic E-state index is 4.27. The molecule has 1 aliphatic rings. The van der Waals surface area contributed by atoms with Gasteiger partial charge in [-0.1, -0.05) is 11.3 Å². The van der Waals surface area contributed by atoms with Gasteiger partial charge in [0.15, 0.2) is 5.01 Å². The van der Waals surface area contributed by atoms with Gasteiger partial charge in [-0.25, -0.2) is 0 Å². The van der Waals surface area contributed by atoms with Gasteiger partial charge in [0.2, 0.25) is 0 Å². The first-order valence-electron chi connectivity index (χ1n) is 6.13. The normalized spacial score (nSPS) is 15.2. The van der Waals surface area contributed by atoms with Gasteiger partial charge < -0.3 is 5.32 Å². The lowest BCUT2D eigenvalue weighted by Crippen LogP contribution is -2.17. The molecule has 0 aliphatic heterocycles. The zero-order valence-corrected chi connectivity index (χ0v) is 13.1. The zero-order chi connectivity index (χ0) is 12.4. The van der Waals surface area contributed by atoms with Gasteiger partial charge in [0.25, 0.3) is 0 Å².